The van der Waals surface area contributed by atoms with Crippen LogP contribution in [0.3, 0.4) is 0 Å². The lowest BCUT2D eigenvalue weighted by Crippen LogP contribution is -2.24. The first kappa shape index (κ1) is 16.5. The van der Waals surface area contributed by atoms with Gasteiger partial charge in [-0.2, -0.15) is 0 Å². The average molecular weight is 328 g/mol. The van der Waals surface area contributed by atoms with Crippen molar-refractivity contribution in [1.29, 1.82) is 0 Å². The zero-order chi connectivity index (χ0) is 17.1. The second-order valence-electron chi connectivity index (χ2n) is 6.31. The van der Waals surface area contributed by atoms with Gasteiger partial charge in [0.2, 0.25) is 0 Å². The fourth-order valence-corrected chi connectivity index (χ4v) is 2.90. The number of cyclic esters (lactones) is 1. The fourth-order valence-electron chi connectivity index (χ4n) is 2.90. The van der Waals surface area contributed by atoms with E-state index in [-0.39, 0.29) is 12.1 Å². The Morgan fingerprint density at radius 3 is 2.88 bits per heavy atom. The van der Waals surface area contributed by atoms with Crippen LogP contribution < -0.4 is 10.2 Å². The summed E-state index contributed by atoms with van der Waals surface area (Å²) in [7, 11) is 0. The van der Waals surface area contributed by atoms with Crippen molar-refractivity contribution in [2.75, 3.05) is 18.1 Å². The molecule has 0 spiro atoms. The zero-order valence-corrected chi connectivity index (χ0v) is 14.4. The first-order valence-electron chi connectivity index (χ1n) is 8.35. The van der Waals surface area contributed by atoms with E-state index in [0.29, 0.717) is 25.7 Å². The van der Waals surface area contributed by atoms with Crippen LogP contribution in [0.4, 0.5) is 10.5 Å². The quantitative estimate of drug-likeness (QED) is 0.884. The molecule has 6 heteroatoms. The highest BCUT2D eigenvalue weighted by Gasteiger charge is 2.23. The molecule has 128 valence electrons. The van der Waals surface area contributed by atoms with E-state index in [4.69, 9.17) is 4.74 Å². The molecule has 2 heterocycles. The molecule has 1 atom stereocenters. The standard InChI is InChI=1S/C18H24N4O2/c1-13(2)21-8-7-19-17(21)12-20-14(3)15-5-4-6-16(11-15)22-9-10-24-18(22)23/h4-8,11,13-14,20H,9-10,12H2,1-3H3. The van der Waals surface area contributed by atoms with Gasteiger partial charge in [0.15, 0.2) is 0 Å². The maximum Gasteiger partial charge on any atom is 0.414 e. The number of carbonyl (C=O) groups excluding carboxylic acids is 1. The molecule has 1 fully saturated rings. The number of hydrogen-bond acceptors (Lipinski definition) is 4. The first-order valence-corrected chi connectivity index (χ1v) is 8.35. The van der Waals surface area contributed by atoms with Crippen molar-refractivity contribution >= 4 is 11.8 Å². The predicted molar refractivity (Wildman–Crippen MR) is 93.0 cm³/mol. The molecule has 1 unspecified atom stereocenters. The van der Waals surface area contributed by atoms with Crippen molar-refractivity contribution in [1.82, 2.24) is 14.9 Å². The lowest BCUT2D eigenvalue weighted by Gasteiger charge is -2.19. The van der Waals surface area contributed by atoms with Crippen molar-refractivity contribution in [3.8, 4) is 0 Å². The number of carbonyl (C=O) groups is 1. The second kappa shape index (κ2) is 7.05. The molecule has 6 nitrogen and oxygen atoms in total. The highest BCUT2D eigenvalue weighted by atomic mass is 16.6. The zero-order valence-electron chi connectivity index (χ0n) is 14.4. The van der Waals surface area contributed by atoms with Crippen LogP contribution in [0.5, 0.6) is 0 Å². The monoisotopic (exact) mass is 328 g/mol. The molecule has 1 aliphatic rings. The predicted octanol–water partition coefficient (Wildman–Crippen LogP) is 3.27. The van der Waals surface area contributed by atoms with Crippen LogP contribution in [0.1, 0.15) is 44.2 Å². The molecule has 1 aromatic heterocycles. The van der Waals surface area contributed by atoms with Crippen LogP contribution >= 0.6 is 0 Å². The Bertz CT molecular complexity index is 711. The Kier molecular flexibility index (Phi) is 4.85. The van der Waals surface area contributed by atoms with E-state index in [2.05, 4.69) is 41.7 Å². The first-order chi connectivity index (χ1) is 11.6. The van der Waals surface area contributed by atoms with Crippen molar-refractivity contribution in [3.63, 3.8) is 0 Å². The number of benzene rings is 1. The second-order valence-corrected chi connectivity index (χ2v) is 6.31. The minimum Gasteiger partial charge on any atom is -0.447 e. The third-order valence-corrected chi connectivity index (χ3v) is 4.31. The molecular weight excluding hydrogens is 304 g/mol. The molecule has 0 radical (unpaired) electrons. The molecule has 2 aromatic rings. The van der Waals surface area contributed by atoms with Gasteiger partial charge in [0.25, 0.3) is 0 Å². The van der Waals surface area contributed by atoms with E-state index in [1.165, 1.54) is 0 Å². The number of nitrogens with one attached hydrogen (secondary N) is 1. The van der Waals surface area contributed by atoms with Crippen molar-refractivity contribution in [3.05, 3.63) is 48.0 Å². The van der Waals surface area contributed by atoms with Crippen LogP contribution in [0.25, 0.3) is 0 Å². The van der Waals surface area contributed by atoms with Gasteiger partial charge in [0, 0.05) is 30.2 Å². The van der Waals surface area contributed by atoms with Gasteiger partial charge in [0.05, 0.1) is 13.1 Å². The molecule has 1 aliphatic heterocycles. The summed E-state index contributed by atoms with van der Waals surface area (Å²) in [6.45, 7) is 8.16. The van der Waals surface area contributed by atoms with Gasteiger partial charge in [-0.25, -0.2) is 9.78 Å². The molecule has 0 aliphatic carbocycles. The highest BCUT2D eigenvalue weighted by molar-refractivity contribution is 5.89. The Labute approximate surface area is 142 Å². The molecule has 24 heavy (non-hydrogen) atoms. The number of rotatable bonds is 6. The van der Waals surface area contributed by atoms with E-state index in [1.54, 1.807) is 4.90 Å². The molecule has 0 saturated carbocycles. The number of nitrogens with zero attached hydrogens (tertiary/aromatic N) is 3. The summed E-state index contributed by atoms with van der Waals surface area (Å²) in [5, 5.41) is 3.51. The minimum absolute atomic E-state index is 0.154. The average Bonchev–Trinajstić information content (AvgIpc) is 3.21. The molecule has 1 saturated heterocycles. The van der Waals surface area contributed by atoms with Crippen molar-refractivity contribution < 1.29 is 9.53 Å². The van der Waals surface area contributed by atoms with E-state index in [0.717, 1.165) is 17.1 Å². The summed E-state index contributed by atoms with van der Waals surface area (Å²) in [5.74, 6) is 1.02. The Morgan fingerprint density at radius 1 is 1.33 bits per heavy atom. The molecule has 1 N–H and O–H groups in total. The third-order valence-electron chi connectivity index (χ3n) is 4.31. The summed E-state index contributed by atoms with van der Waals surface area (Å²) in [4.78, 5) is 17.8. The van der Waals surface area contributed by atoms with Gasteiger partial charge in [-0.05, 0) is 38.5 Å². The third kappa shape index (κ3) is 3.43. The lowest BCUT2D eigenvalue weighted by molar-refractivity contribution is 0.181. The van der Waals surface area contributed by atoms with E-state index < -0.39 is 0 Å². The number of imidazole rings is 1. The topological polar surface area (TPSA) is 59.4 Å². The Morgan fingerprint density at radius 2 is 2.17 bits per heavy atom. The van der Waals surface area contributed by atoms with E-state index in [1.807, 2.05) is 30.6 Å². The van der Waals surface area contributed by atoms with Gasteiger partial charge in [0.1, 0.15) is 12.4 Å². The van der Waals surface area contributed by atoms with Gasteiger partial charge in [-0.15, -0.1) is 0 Å². The number of anilines is 1. The van der Waals surface area contributed by atoms with Crippen molar-refractivity contribution in [2.24, 2.45) is 0 Å². The van der Waals surface area contributed by atoms with Gasteiger partial charge >= 0.3 is 6.09 Å². The number of aromatic nitrogens is 2. The summed E-state index contributed by atoms with van der Waals surface area (Å²) in [6, 6.07) is 8.57. The van der Waals surface area contributed by atoms with Crippen molar-refractivity contribution in [2.45, 2.75) is 39.4 Å². The summed E-state index contributed by atoms with van der Waals surface area (Å²) in [6.07, 6.45) is 3.57. The summed E-state index contributed by atoms with van der Waals surface area (Å²) in [5.41, 5.74) is 2.02. The van der Waals surface area contributed by atoms with Gasteiger partial charge < -0.3 is 14.6 Å². The van der Waals surface area contributed by atoms with Crippen LogP contribution in [-0.4, -0.2) is 28.8 Å². The lowest BCUT2D eigenvalue weighted by atomic mass is 10.1. The van der Waals surface area contributed by atoms with Crippen LogP contribution in [0.15, 0.2) is 36.7 Å². The highest BCUT2D eigenvalue weighted by Crippen LogP contribution is 2.23. The fraction of sp³-hybridized carbons (Fsp3) is 0.444. The largest absolute Gasteiger partial charge is 0.447 e. The van der Waals surface area contributed by atoms with Gasteiger partial charge in [-0.3, -0.25) is 4.90 Å². The SMILES string of the molecule is CC(NCc1nccn1C(C)C)c1cccc(N2CCOC2=O)c1. The number of ether oxygens (including phenoxy) is 1. The van der Waals surface area contributed by atoms with Gasteiger partial charge in [-0.1, -0.05) is 12.1 Å². The molecule has 1 aromatic carbocycles. The van der Waals surface area contributed by atoms with Crippen LogP contribution in [0.2, 0.25) is 0 Å². The maximum atomic E-state index is 11.7. The van der Waals surface area contributed by atoms with E-state index >= 15 is 0 Å². The van der Waals surface area contributed by atoms with E-state index in [9.17, 15) is 4.79 Å². The maximum absolute atomic E-state index is 11.7. The van der Waals surface area contributed by atoms with Crippen LogP contribution in [0, 0.1) is 0 Å². The smallest absolute Gasteiger partial charge is 0.414 e. The Balaban J connectivity index is 1.68. The summed E-state index contributed by atoms with van der Waals surface area (Å²) < 4.78 is 7.18. The molecule has 3 rings (SSSR count). The molecule has 1 amide bonds. The number of amides is 1. The Hall–Kier alpha value is -2.34. The molecule has 0 bridgehead atoms. The number of hydrogen-bond donors (Lipinski definition) is 1. The summed E-state index contributed by atoms with van der Waals surface area (Å²) >= 11 is 0. The normalized spacial score (nSPS) is 15.8. The molecular formula is C18H24N4O2. The van der Waals surface area contributed by atoms with Crippen LogP contribution in [-0.2, 0) is 11.3 Å². The minimum atomic E-state index is -0.272.